The number of carbonyl (C=O) groups is 1. The maximum atomic E-state index is 12.9. The van der Waals surface area contributed by atoms with Gasteiger partial charge in [0.1, 0.15) is 5.82 Å². The van der Waals surface area contributed by atoms with E-state index in [2.05, 4.69) is 6.07 Å². The minimum Gasteiger partial charge on any atom is -0.377 e. The zero-order valence-electron chi connectivity index (χ0n) is 15.2. The number of piperidine rings is 1. The molecule has 27 heavy (non-hydrogen) atoms. The van der Waals surface area contributed by atoms with E-state index < -0.39 is 0 Å². The van der Waals surface area contributed by atoms with Gasteiger partial charge in [-0.15, -0.1) is 0 Å². The molecule has 0 N–H and O–H groups in total. The first-order valence-corrected chi connectivity index (χ1v) is 9.27. The van der Waals surface area contributed by atoms with Crippen LogP contribution >= 0.6 is 0 Å². The number of carbonyl (C=O) groups excluding carboxylic acids is 1. The van der Waals surface area contributed by atoms with E-state index in [1.54, 1.807) is 36.4 Å². The van der Waals surface area contributed by atoms with Crippen LogP contribution in [0.15, 0.2) is 48.5 Å². The number of benzene rings is 2. The van der Waals surface area contributed by atoms with Gasteiger partial charge in [-0.2, -0.15) is 5.26 Å². The molecule has 2 aromatic rings. The normalized spacial score (nSPS) is 14.7. The Morgan fingerprint density at radius 1 is 1.11 bits per heavy atom. The summed E-state index contributed by atoms with van der Waals surface area (Å²) >= 11 is 0. The Hall–Kier alpha value is -2.71. The highest BCUT2D eigenvalue weighted by Crippen LogP contribution is 2.22. The number of hydrogen-bond donors (Lipinski definition) is 0. The van der Waals surface area contributed by atoms with Gasteiger partial charge in [-0.05, 0) is 67.1 Å². The van der Waals surface area contributed by atoms with Crippen molar-refractivity contribution < 1.29 is 13.9 Å². The molecule has 4 nitrogen and oxygen atoms in total. The monoisotopic (exact) mass is 366 g/mol. The van der Waals surface area contributed by atoms with E-state index in [0.717, 1.165) is 37.9 Å². The van der Waals surface area contributed by atoms with Crippen LogP contribution < -0.4 is 0 Å². The molecule has 0 saturated carbocycles. The summed E-state index contributed by atoms with van der Waals surface area (Å²) < 4.78 is 18.6. The number of nitrogens with zero attached hydrogens (tertiary/aromatic N) is 2. The average molecular weight is 366 g/mol. The van der Waals surface area contributed by atoms with Crippen LogP contribution in [0.1, 0.15) is 40.7 Å². The average Bonchev–Trinajstić information content (AvgIpc) is 2.72. The SMILES string of the molecule is N#Cc1ccc(C(=O)N2CCC(CCOCc3ccc(F)cc3)CC2)cc1. The molecule has 3 rings (SSSR count). The predicted octanol–water partition coefficient (Wildman–Crippen LogP) is 4.16. The molecule has 140 valence electrons. The second kappa shape index (κ2) is 9.29. The summed E-state index contributed by atoms with van der Waals surface area (Å²) in [5, 5.41) is 8.84. The summed E-state index contributed by atoms with van der Waals surface area (Å²) in [7, 11) is 0. The maximum Gasteiger partial charge on any atom is 0.253 e. The summed E-state index contributed by atoms with van der Waals surface area (Å²) in [6, 6.07) is 15.2. The van der Waals surface area contributed by atoms with Crippen LogP contribution in [0.2, 0.25) is 0 Å². The van der Waals surface area contributed by atoms with Crippen LogP contribution in [-0.2, 0) is 11.3 Å². The first-order chi connectivity index (χ1) is 13.2. The van der Waals surface area contributed by atoms with E-state index in [4.69, 9.17) is 10.00 Å². The lowest BCUT2D eigenvalue weighted by molar-refractivity contribution is 0.0639. The highest BCUT2D eigenvalue weighted by molar-refractivity contribution is 5.94. The van der Waals surface area contributed by atoms with Gasteiger partial charge in [-0.3, -0.25) is 4.79 Å². The molecule has 1 aliphatic rings. The van der Waals surface area contributed by atoms with E-state index in [0.29, 0.717) is 30.3 Å². The fourth-order valence-electron chi connectivity index (χ4n) is 3.32. The quantitative estimate of drug-likeness (QED) is 0.722. The highest BCUT2D eigenvalue weighted by Gasteiger charge is 2.23. The Bertz CT molecular complexity index is 789. The van der Waals surface area contributed by atoms with Crippen LogP contribution in [0.3, 0.4) is 0 Å². The minimum atomic E-state index is -0.235. The predicted molar refractivity (Wildman–Crippen MR) is 100 cm³/mol. The van der Waals surface area contributed by atoms with Crippen molar-refractivity contribution in [2.24, 2.45) is 5.92 Å². The van der Waals surface area contributed by atoms with E-state index in [9.17, 15) is 9.18 Å². The number of halogens is 1. The second-order valence-electron chi connectivity index (χ2n) is 6.89. The third-order valence-corrected chi connectivity index (χ3v) is 5.02. The summed E-state index contributed by atoms with van der Waals surface area (Å²) in [6.45, 7) is 2.67. The standard InChI is InChI=1S/C22H23FN2O2/c23-21-7-3-19(4-8-21)16-27-14-11-17-9-12-25(13-10-17)22(26)20-5-1-18(15-24)2-6-20/h1-8,17H,9-14,16H2. The topological polar surface area (TPSA) is 53.3 Å². The van der Waals surface area contributed by atoms with Crippen LogP contribution in [0, 0.1) is 23.1 Å². The third-order valence-electron chi connectivity index (χ3n) is 5.02. The lowest BCUT2D eigenvalue weighted by Crippen LogP contribution is -2.38. The molecule has 0 atom stereocenters. The van der Waals surface area contributed by atoms with E-state index in [-0.39, 0.29) is 11.7 Å². The van der Waals surface area contributed by atoms with Crippen molar-refractivity contribution in [2.75, 3.05) is 19.7 Å². The van der Waals surface area contributed by atoms with Gasteiger partial charge in [0, 0.05) is 25.3 Å². The Morgan fingerprint density at radius 3 is 2.41 bits per heavy atom. The number of ether oxygens (including phenoxy) is 1. The zero-order chi connectivity index (χ0) is 19.1. The number of hydrogen-bond acceptors (Lipinski definition) is 3. The third kappa shape index (κ3) is 5.38. The molecule has 1 amide bonds. The number of nitriles is 1. The van der Waals surface area contributed by atoms with Crippen molar-refractivity contribution in [2.45, 2.75) is 25.9 Å². The molecule has 0 unspecified atom stereocenters. The van der Waals surface area contributed by atoms with Gasteiger partial charge in [0.05, 0.1) is 18.2 Å². The molecular formula is C22H23FN2O2. The van der Waals surface area contributed by atoms with Gasteiger partial charge in [0.15, 0.2) is 0 Å². The zero-order valence-corrected chi connectivity index (χ0v) is 15.2. The van der Waals surface area contributed by atoms with Crippen LogP contribution in [0.25, 0.3) is 0 Å². The first-order valence-electron chi connectivity index (χ1n) is 9.27. The lowest BCUT2D eigenvalue weighted by Gasteiger charge is -2.32. The molecule has 2 aromatic carbocycles. The Morgan fingerprint density at radius 2 is 1.78 bits per heavy atom. The maximum absolute atomic E-state index is 12.9. The molecule has 0 aliphatic carbocycles. The number of likely N-dealkylation sites (tertiary alicyclic amines) is 1. The van der Waals surface area contributed by atoms with Gasteiger partial charge < -0.3 is 9.64 Å². The molecule has 1 aliphatic heterocycles. The van der Waals surface area contributed by atoms with Crippen molar-refractivity contribution in [1.82, 2.24) is 4.90 Å². The molecule has 1 fully saturated rings. The molecule has 0 aromatic heterocycles. The fraction of sp³-hybridized carbons (Fsp3) is 0.364. The molecular weight excluding hydrogens is 343 g/mol. The molecule has 0 spiro atoms. The lowest BCUT2D eigenvalue weighted by atomic mass is 9.93. The van der Waals surface area contributed by atoms with Crippen molar-refractivity contribution in [1.29, 1.82) is 5.26 Å². The smallest absolute Gasteiger partial charge is 0.253 e. The molecule has 1 heterocycles. The van der Waals surface area contributed by atoms with Crippen molar-refractivity contribution in [3.05, 3.63) is 71.0 Å². The summed E-state index contributed by atoms with van der Waals surface area (Å²) in [6.07, 6.45) is 2.92. The Kier molecular flexibility index (Phi) is 6.56. The summed E-state index contributed by atoms with van der Waals surface area (Å²) in [4.78, 5) is 14.4. The van der Waals surface area contributed by atoms with Crippen molar-refractivity contribution >= 4 is 5.91 Å². The van der Waals surface area contributed by atoms with Crippen LogP contribution in [-0.4, -0.2) is 30.5 Å². The van der Waals surface area contributed by atoms with E-state index in [1.807, 2.05) is 4.90 Å². The van der Waals surface area contributed by atoms with Crippen molar-refractivity contribution in [3.63, 3.8) is 0 Å². The molecule has 5 heteroatoms. The van der Waals surface area contributed by atoms with Gasteiger partial charge in [0.25, 0.3) is 5.91 Å². The molecule has 0 radical (unpaired) electrons. The van der Waals surface area contributed by atoms with Gasteiger partial charge in [0.2, 0.25) is 0 Å². The van der Waals surface area contributed by atoms with Gasteiger partial charge >= 0.3 is 0 Å². The number of rotatable bonds is 6. The fourth-order valence-corrected chi connectivity index (χ4v) is 3.32. The van der Waals surface area contributed by atoms with Crippen LogP contribution in [0.4, 0.5) is 4.39 Å². The first kappa shape index (κ1) is 19.1. The van der Waals surface area contributed by atoms with Crippen LogP contribution in [0.5, 0.6) is 0 Å². The highest BCUT2D eigenvalue weighted by atomic mass is 19.1. The molecule has 1 saturated heterocycles. The molecule has 0 bridgehead atoms. The Balaban J connectivity index is 1.37. The van der Waals surface area contributed by atoms with E-state index >= 15 is 0 Å². The second-order valence-corrected chi connectivity index (χ2v) is 6.89. The summed E-state index contributed by atoms with van der Waals surface area (Å²) in [5.41, 5.74) is 2.17. The van der Waals surface area contributed by atoms with Crippen molar-refractivity contribution in [3.8, 4) is 6.07 Å². The largest absolute Gasteiger partial charge is 0.377 e. The number of amides is 1. The summed E-state index contributed by atoms with van der Waals surface area (Å²) in [5.74, 6) is 0.356. The van der Waals surface area contributed by atoms with E-state index in [1.165, 1.54) is 12.1 Å². The Labute approximate surface area is 159 Å². The minimum absolute atomic E-state index is 0.0329. The van der Waals surface area contributed by atoms with Gasteiger partial charge in [-0.1, -0.05) is 12.1 Å². The van der Waals surface area contributed by atoms with Gasteiger partial charge in [-0.25, -0.2) is 4.39 Å².